The largest absolute Gasteiger partial charge is 0.329 e. The van der Waals surface area contributed by atoms with Crippen molar-refractivity contribution in [2.75, 3.05) is 0 Å². The van der Waals surface area contributed by atoms with Crippen LogP contribution in [0, 0.1) is 0 Å². The fraction of sp³-hybridized carbons (Fsp3) is 0.222. The predicted octanol–water partition coefficient (Wildman–Crippen LogP) is 0.951. The minimum Gasteiger partial charge on any atom is -0.329 e. The lowest BCUT2D eigenvalue weighted by Gasteiger charge is -2.07. The van der Waals surface area contributed by atoms with E-state index in [0.29, 0.717) is 6.42 Å². The molecule has 12 heavy (non-hydrogen) atoms. The summed E-state index contributed by atoms with van der Waals surface area (Å²) in [5, 5.41) is 0. The lowest BCUT2D eigenvalue weighted by atomic mass is 10.1. The van der Waals surface area contributed by atoms with Gasteiger partial charge in [0.1, 0.15) is 0 Å². The first-order valence-electron chi connectivity index (χ1n) is 3.79. The number of H-pyrrole nitrogens is 1. The Labute approximate surface area is 70.9 Å². The van der Waals surface area contributed by atoms with Crippen LogP contribution in [0.3, 0.4) is 0 Å². The lowest BCUT2D eigenvalue weighted by Crippen LogP contribution is -2.12. The molecule has 0 saturated heterocycles. The number of nitrogens with two attached hydrogens (primary N) is 1. The first kappa shape index (κ1) is 8.74. The van der Waals surface area contributed by atoms with Gasteiger partial charge in [-0.1, -0.05) is 12.1 Å². The van der Waals surface area contributed by atoms with Crippen molar-refractivity contribution < 1.29 is 0 Å². The van der Waals surface area contributed by atoms with E-state index in [0.717, 1.165) is 5.56 Å². The van der Waals surface area contributed by atoms with E-state index in [-0.39, 0.29) is 11.6 Å². The fourth-order valence-electron chi connectivity index (χ4n) is 0.969. The molecule has 3 nitrogen and oxygen atoms in total. The number of pyridine rings is 1. The molecule has 0 spiro atoms. The molecule has 0 aliphatic heterocycles. The van der Waals surface area contributed by atoms with Gasteiger partial charge in [-0.3, -0.25) is 4.79 Å². The van der Waals surface area contributed by atoms with Crippen LogP contribution in [0.5, 0.6) is 0 Å². The molecule has 1 aromatic heterocycles. The molecule has 0 radical (unpaired) electrons. The molecule has 0 amide bonds. The quantitative estimate of drug-likeness (QED) is 0.653. The van der Waals surface area contributed by atoms with Gasteiger partial charge in [0.25, 0.3) is 0 Å². The Morgan fingerprint density at radius 2 is 2.42 bits per heavy atom. The van der Waals surface area contributed by atoms with Crippen LogP contribution in [0.1, 0.15) is 18.0 Å². The summed E-state index contributed by atoms with van der Waals surface area (Å²) in [6.45, 7) is 3.59. The Bertz CT molecular complexity index is 296. The molecule has 0 bridgehead atoms. The summed E-state index contributed by atoms with van der Waals surface area (Å²) in [7, 11) is 0. The van der Waals surface area contributed by atoms with E-state index in [9.17, 15) is 4.79 Å². The van der Waals surface area contributed by atoms with Crippen LogP contribution >= 0.6 is 0 Å². The van der Waals surface area contributed by atoms with Crippen molar-refractivity contribution in [3.63, 3.8) is 0 Å². The second kappa shape index (κ2) is 3.88. The zero-order valence-corrected chi connectivity index (χ0v) is 6.79. The standard InChI is InChI=1S/C9H12N2O/c1-2-3-8(10)7-4-5-9(12)11-6-7/h2,4-6,8H,1,3,10H2,(H,11,12). The van der Waals surface area contributed by atoms with Gasteiger partial charge < -0.3 is 10.7 Å². The van der Waals surface area contributed by atoms with Crippen LogP contribution in [-0.4, -0.2) is 4.98 Å². The summed E-state index contributed by atoms with van der Waals surface area (Å²) in [6, 6.07) is 3.13. The van der Waals surface area contributed by atoms with E-state index < -0.39 is 0 Å². The molecule has 3 heteroatoms. The van der Waals surface area contributed by atoms with Crippen LogP contribution in [0.15, 0.2) is 35.8 Å². The molecule has 1 aromatic rings. The monoisotopic (exact) mass is 164 g/mol. The zero-order valence-electron chi connectivity index (χ0n) is 6.79. The number of aromatic nitrogens is 1. The van der Waals surface area contributed by atoms with Crippen LogP contribution in [0.4, 0.5) is 0 Å². The summed E-state index contributed by atoms with van der Waals surface area (Å²) in [4.78, 5) is 13.3. The summed E-state index contributed by atoms with van der Waals surface area (Å²) in [5.41, 5.74) is 6.58. The molecule has 0 aromatic carbocycles. The topological polar surface area (TPSA) is 58.9 Å². The van der Waals surface area contributed by atoms with E-state index in [4.69, 9.17) is 5.73 Å². The number of hydrogen-bond donors (Lipinski definition) is 2. The van der Waals surface area contributed by atoms with E-state index >= 15 is 0 Å². The van der Waals surface area contributed by atoms with Gasteiger partial charge in [0.15, 0.2) is 0 Å². The summed E-state index contributed by atoms with van der Waals surface area (Å²) < 4.78 is 0. The van der Waals surface area contributed by atoms with Crippen molar-refractivity contribution in [2.24, 2.45) is 5.73 Å². The maximum absolute atomic E-state index is 10.7. The summed E-state index contributed by atoms with van der Waals surface area (Å²) in [6.07, 6.45) is 4.11. The molecule has 0 fully saturated rings. The molecule has 3 N–H and O–H groups in total. The van der Waals surface area contributed by atoms with Crippen molar-refractivity contribution in [3.8, 4) is 0 Å². The molecular formula is C9H12N2O. The molecule has 1 heterocycles. The second-order valence-electron chi connectivity index (χ2n) is 2.62. The van der Waals surface area contributed by atoms with E-state index in [1.165, 1.54) is 6.07 Å². The number of hydrogen-bond acceptors (Lipinski definition) is 2. The Kier molecular flexibility index (Phi) is 2.82. The Balaban J connectivity index is 2.81. The number of nitrogens with one attached hydrogen (secondary N) is 1. The third kappa shape index (κ3) is 2.07. The number of rotatable bonds is 3. The van der Waals surface area contributed by atoms with Gasteiger partial charge in [0, 0.05) is 18.3 Å². The van der Waals surface area contributed by atoms with Gasteiger partial charge in [0.05, 0.1) is 0 Å². The van der Waals surface area contributed by atoms with Crippen molar-refractivity contribution >= 4 is 0 Å². The molecule has 64 valence electrons. The van der Waals surface area contributed by atoms with Gasteiger partial charge in [-0.25, -0.2) is 0 Å². The first-order chi connectivity index (χ1) is 5.74. The maximum atomic E-state index is 10.7. The van der Waals surface area contributed by atoms with Crippen LogP contribution in [0.2, 0.25) is 0 Å². The normalized spacial score (nSPS) is 12.4. The maximum Gasteiger partial charge on any atom is 0.247 e. The highest BCUT2D eigenvalue weighted by Crippen LogP contribution is 2.10. The third-order valence-corrected chi connectivity index (χ3v) is 1.66. The SMILES string of the molecule is C=CCC(N)c1ccc(=O)[nH]c1. The molecule has 0 aliphatic rings. The molecule has 0 saturated carbocycles. The summed E-state index contributed by atoms with van der Waals surface area (Å²) >= 11 is 0. The van der Waals surface area contributed by atoms with Gasteiger partial charge in [-0.2, -0.15) is 0 Å². The van der Waals surface area contributed by atoms with Gasteiger partial charge >= 0.3 is 0 Å². The van der Waals surface area contributed by atoms with Gasteiger partial charge in [-0.15, -0.1) is 6.58 Å². The van der Waals surface area contributed by atoms with Crippen LogP contribution in [-0.2, 0) is 0 Å². The molecule has 1 unspecified atom stereocenters. The molecule has 0 aliphatic carbocycles. The first-order valence-corrected chi connectivity index (χ1v) is 3.79. The fourth-order valence-corrected chi connectivity index (χ4v) is 0.969. The average Bonchev–Trinajstić information content (AvgIpc) is 2.06. The smallest absolute Gasteiger partial charge is 0.247 e. The Morgan fingerprint density at radius 1 is 1.67 bits per heavy atom. The van der Waals surface area contributed by atoms with E-state index in [2.05, 4.69) is 11.6 Å². The summed E-state index contributed by atoms with van der Waals surface area (Å²) in [5.74, 6) is 0. The predicted molar refractivity (Wildman–Crippen MR) is 48.8 cm³/mol. The van der Waals surface area contributed by atoms with Gasteiger partial charge in [0.2, 0.25) is 5.56 Å². The Morgan fingerprint density at radius 3 is 2.92 bits per heavy atom. The average molecular weight is 164 g/mol. The van der Waals surface area contributed by atoms with E-state index in [1.807, 2.05) is 0 Å². The molecule has 1 rings (SSSR count). The Hall–Kier alpha value is -1.35. The highest BCUT2D eigenvalue weighted by Gasteiger charge is 2.02. The molecule has 1 atom stereocenters. The van der Waals surface area contributed by atoms with Crippen molar-refractivity contribution in [1.82, 2.24) is 4.98 Å². The van der Waals surface area contributed by atoms with Crippen molar-refractivity contribution in [2.45, 2.75) is 12.5 Å². The molecular weight excluding hydrogens is 152 g/mol. The minimum absolute atomic E-state index is 0.0700. The second-order valence-corrected chi connectivity index (χ2v) is 2.62. The van der Waals surface area contributed by atoms with E-state index in [1.54, 1.807) is 18.3 Å². The zero-order chi connectivity index (χ0) is 8.97. The number of aromatic amines is 1. The van der Waals surface area contributed by atoms with Crippen LogP contribution < -0.4 is 11.3 Å². The van der Waals surface area contributed by atoms with Gasteiger partial charge in [-0.05, 0) is 12.0 Å². The lowest BCUT2D eigenvalue weighted by molar-refractivity contribution is 0.736. The van der Waals surface area contributed by atoms with Crippen molar-refractivity contribution in [3.05, 3.63) is 46.9 Å². The third-order valence-electron chi connectivity index (χ3n) is 1.66. The van der Waals surface area contributed by atoms with Crippen LogP contribution in [0.25, 0.3) is 0 Å². The highest BCUT2D eigenvalue weighted by atomic mass is 16.1. The minimum atomic E-state index is -0.107. The highest BCUT2D eigenvalue weighted by molar-refractivity contribution is 5.13. The van der Waals surface area contributed by atoms with Crippen molar-refractivity contribution in [1.29, 1.82) is 0 Å².